The SMILES string of the molecule is CC(CCS(C)=O)NS(=O)(=O)c1cccc(F)c1C#N. The Morgan fingerprint density at radius 1 is 1.50 bits per heavy atom. The minimum Gasteiger partial charge on any atom is -0.260 e. The number of sulfonamides is 1. The third-order valence-electron chi connectivity index (χ3n) is 2.57. The lowest BCUT2D eigenvalue weighted by Gasteiger charge is -2.14. The fourth-order valence-corrected chi connectivity index (χ4v) is 3.70. The van der Waals surface area contributed by atoms with Crippen molar-refractivity contribution in [3.63, 3.8) is 0 Å². The number of hydrogen-bond acceptors (Lipinski definition) is 4. The molecule has 0 bridgehead atoms. The predicted octanol–water partition coefficient (Wildman–Crippen LogP) is 1.13. The summed E-state index contributed by atoms with van der Waals surface area (Å²) >= 11 is 0. The Bertz CT molecular complexity index is 653. The second kappa shape index (κ2) is 6.92. The molecule has 1 aromatic carbocycles. The number of nitriles is 1. The average Bonchev–Trinajstić information content (AvgIpc) is 2.35. The van der Waals surface area contributed by atoms with Gasteiger partial charge in [0, 0.05) is 28.9 Å². The van der Waals surface area contributed by atoms with E-state index in [2.05, 4.69) is 4.72 Å². The van der Waals surface area contributed by atoms with Crippen LogP contribution in [0, 0.1) is 17.1 Å². The lowest BCUT2D eigenvalue weighted by molar-refractivity contribution is 0.553. The van der Waals surface area contributed by atoms with E-state index >= 15 is 0 Å². The van der Waals surface area contributed by atoms with Crippen LogP contribution in [-0.2, 0) is 20.8 Å². The zero-order valence-corrected chi connectivity index (χ0v) is 12.7. The van der Waals surface area contributed by atoms with Crippen LogP contribution in [0.4, 0.5) is 4.39 Å². The fourth-order valence-electron chi connectivity index (χ4n) is 1.57. The van der Waals surface area contributed by atoms with Gasteiger partial charge in [0.15, 0.2) is 0 Å². The molecule has 1 aromatic rings. The van der Waals surface area contributed by atoms with Gasteiger partial charge in [0.1, 0.15) is 22.3 Å². The first-order valence-electron chi connectivity index (χ1n) is 5.79. The molecule has 110 valence electrons. The van der Waals surface area contributed by atoms with Gasteiger partial charge in [-0.25, -0.2) is 17.5 Å². The van der Waals surface area contributed by atoms with Crippen LogP contribution < -0.4 is 4.72 Å². The van der Waals surface area contributed by atoms with Crippen molar-refractivity contribution < 1.29 is 17.0 Å². The molecule has 0 aliphatic rings. The molecule has 0 amide bonds. The third-order valence-corrected chi connectivity index (χ3v) is 5.01. The van der Waals surface area contributed by atoms with E-state index in [1.54, 1.807) is 13.0 Å². The molecule has 0 aromatic heterocycles. The summed E-state index contributed by atoms with van der Waals surface area (Å²) in [5, 5.41) is 8.85. The van der Waals surface area contributed by atoms with Gasteiger partial charge in [0.05, 0.1) is 0 Å². The van der Waals surface area contributed by atoms with E-state index in [-0.39, 0.29) is 4.90 Å². The van der Waals surface area contributed by atoms with Crippen LogP contribution in [0.5, 0.6) is 0 Å². The molecule has 2 atom stereocenters. The van der Waals surface area contributed by atoms with E-state index in [1.807, 2.05) is 0 Å². The third kappa shape index (κ3) is 4.37. The van der Waals surface area contributed by atoms with Crippen LogP contribution in [0.15, 0.2) is 23.1 Å². The van der Waals surface area contributed by atoms with Gasteiger partial charge in [-0.15, -0.1) is 0 Å². The monoisotopic (exact) mass is 318 g/mol. The first-order chi connectivity index (χ1) is 9.27. The minimum atomic E-state index is -3.98. The molecule has 0 aliphatic heterocycles. The maximum absolute atomic E-state index is 13.4. The highest BCUT2D eigenvalue weighted by Gasteiger charge is 2.23. The van der Waals surface area contributed by atoms with Gasteiger partial charge in [0.25, 0.3) is 0 Å². The predicted molar refractivity (Wildman–Crippen MR) is 74.4 cm³/mol. The number of halogens is 1. The summed E-state index contributed by atoms with van der Waals surface area (Å²) in [6, 6.07) is 4.53. The largest absolute Gasteiger partial charge is 0.260 e. The molecule has 0 aliphatic carbocycles. The fraction of sp³-hybridized carbons (Fsp3) is 0.417. The molecule has 0 heterocycles. The summed E-state index contributed by atoms with van der Waals surface area (Å²) < 4.78 is 51.0. The molecule has 0 fully saturated rings. The zero-order valence-electron chi connectivity index (χ0n) is 11.1. The molecule has 0 spiro atoms. The number of benzene rings is 1. The Labute approximate surface area is 120 Å². The molecule has 1 N–H and O–H groups in total. The van der Waals surface area contributed by atoms with Crippen molar-refractivity contribution in [1.29, 1.82) is 5.26 Å². The highest BCUT2D eigenvalue weighted by molar-refractivity contribution is 7.89. The Hall–Kier alpha value is -1.30. The molecule has 0 saturated heterocycles. The Kier molecular flexibility index (Phi) is 5.80. The van der Waals surface area contributed by atoms with Crippen LogP contribution in [0.3, 0.4) is 0 Å². The topological polar surface area (TPSA) is 87.0 Å². The van der Waals surface area contributed by atoms with Gasteiger partial charge in [-0.2, -0.15) is 5.26 Å². The van der Waals surface area contributed by atoms with Gasteiger partial charge in [-0.3, -0.25) is 4.21 Å². The Morgan fingerprint density at radius 3 is 2.70 bits per heavy atom. The molecule has 1 rings (SSSR count). The van der Waals surface area contributed by atoms with Crippen molar-refractivity contribution in [3.8, 4) is 6.07 Å². The maximum Gasteiger partial charge on any atom is 0.242 e. The minimum absolute atomic E-state index is 0.359. The van der Waals surface area contributed by atoms with Gasteiger partial charge < -0.3 is 0 Å². The average molecular weight is 318 g/mol. The van der Waals surface area contributed by atoms with E-state index in [1.165, 1.54) is 18.4 Å². The molecule has 5 nitrogen and oxygen atoms in total. The first kappa shape index (κ1) is 16.8. The van der Waals surface area contributed by atoms with Crippen LogP contribution in [0.1, 0.15) is 18.9 Å². The van der Waals surface area contributed by atoms with Crippen LogP contribution in [-0.4, -0.2) is 30.7 Å². The molecule has 0 saturated carbocycles. The van der Waals surface area contributed by atoms with E-state index in [0.29, 0.717) is 12.2 Å². The molecular formula is C12H15FN2O3S2. The second-order valence-corrected chi connectivity index (χ2v) is 7.55. The van der Waals surface area contributed by atoms with E-state index in [4.69, 9.17) is 5.26 Å². The van der Waals surface area contributed by atoms with Crippen LogP contribution in [0.25, 0.3) is 0 Å². The van der Waals surface area contributed by atoms with Crippen molar-refractivity contribution in [1.82, 2.24) is 4.72 Å². The standard InChI is InChI=1S/C12H15FN2O3S2/c1-9(6-7-19(2)16)15-20(17,18)12-5-3-4-11(13)10(12)8-14/h3-5,9,15H,6-7H2,1-2H3. The number of hydrogen-bond donors (Lipinski definition) is 1. The first-order valence-corrected chi connectivity index (χ1v) is 9.00. The number of rotatable bonds is 6. The number of nitrogens with zero attached hydrogens (tertiary/aromatic N) is 1. The molecule has 8 heteroatoms. The lowest BCUT2D eigenvalue weighted by atomic mass is 10.2. The van der Waals surface area contributed by atoms with E-state index in [9.17, 15) is 17.0 Å². The number of nitrogens with one attached hydrogen (secondary N) is 1. The van der Waals surface area contributed by atoms with Crippen molar-refractivity contribution in [2.75, 3.05) is 12.0 Å². The molecule has 2 unspecified atom stereocenters. The normalized spacial score (nSPS) is 14.5. The van der Waals surface area contributed by atoms with E-state index in [0.717, 1.165) is 6.07 Å². The molecular weight excluding hydrogens is 303 g/mol. The van der Waals surface area contributed by atoms with Gasteiger partial charge in [-0.1, -0.05) is 6.07 Å². The molecule has 20 heavy (non-hydrogen) atoms. The molecule has 0 radical (unpaired) electrons. The van der Waals surface area contributed by atoms with Crippen molar-refractivity contribution in [2.24, 2.45) is 0 Å². The summed E-state index contributed by atoms with van der Waals surface area (Å²) in [4.78, 5) is -0.385. The second-order valence-electron chi connectivity index (χ2n) is 4.31. The van der Waals surface area contributed by atoms with Gasteiger partial charge in [0.2, 0.25) is 10.0 Å². The highest BCUT2D eigenvalue weighted by Crippen LogP contribution is 2.18. The summed E-state index contributed by atoms with van der Waals surface area (Å²) in [6.07, 6.45) is 1.92. The van der Waals surface area contributed by atoms with Crippen molar-refractivity contribution >= 4 is 20.8 Å². The summed E-state index contributed by atoms with van der Waals surface area (Å²) in [5.41, 5.74) is -0.508. The highest BCUT2D eigenvalue weighted by atomic mass is 32.2. The Morgan fingerprint density at radius 2 is 2.15 bits per heavy atom. The van der Waals surface area contributed by atoms with Crippen molar-refractivity contribution in [2.45, 2.75) is 24.3 Å². The van der Waals surface area contributed by atoms with Gasteiger partial charge in [-0.05, 0) is 25.5 Å². The van der Waals surface area contributed by atoms with E-state index < -0.39 is 38.2 Å². The smallest absolute Gasteiger partial charge is 0.242 e. The summed E-state index contributed by atoms with van der Waals surface area (Å²) in [6.45, 7) is 1.62. The van der Waals surface area contributed by atoms with Crippen molar-refractivity contribution in [3.05, 3.63) is 29.6 Å². The quantitative estimate of drug-likeness (QED) is 0.852. The maximum atomic E-state index is 13.4. The Balaban J connectivity index is 2.98. The van der Waals surface area contributed by atoms with Gasteiger partial charge >= 0.3 is 0 Å². The zero-order chi connectivity index (χ0) is 15.3. The summed E-state index contributed by atoms with van der Waals surface area (Å²) in [5.74, 6) is -0.518. The summed E-state index contributed by atoms with van der Waals surface area (Å²) in [7, 11) is -5.00. The van der Waals surface area contributed by atoms with Crippen LogP contribution >= 0.6 is 0 Å². The lowest BCUT2D eigenvalue weighted by Crippen LogP contribution is -2.34. The van der Waals surface area contributed by atoms with Crippen LogP contribution in [0.2, 0.25) is 0 Å².